The lowest BCUT2D eigenvalue weighted by Crippen LogP contribution is -2.46. The Labute approximate surface area is 175 Å². The largest absolute Gasteiger partial charge is 0.355 e. The number of piperidine rings is 1. The molecule has 0 bridgehead atoms. The minimum absolute atomic E-state index is 0.0227. The third kappa shape index (κ3) is 4.17. The van der Waals surface area contributed by atoms with Crippen LogP contribution in [0, 0.1) is 5.92 Å². The highest BCUT2D eigenvalue weighted by molar-refractivity contribution is 7.91. The second-order valence-electron chi connectivity index (χ2n) is 7.79. The maximum Gasteiger partial charge on any atom is 0.282 e. The van der Waals surface area contributed by atoms with Gasteiger partial charge in [-0.3, -0.25) is 14.5 Å². The van der Waals surface area contributed by atoms with Gasteiger partial charge in [-0.15, -0.1) is 0 Å². The number of rotatable bonds is 6. The third-order valence-corrected chi connectivity index (χ3v) is 7.37. The molecule has 1 aliphatic carbocycles. The van der Waals surface area contributed by atoms with Crippen LogP contribution in [0.25, 0.3) is 11.3 Å². The summed E-state index contributed by atoms with van der Waals surface area (Å²) >= 11 is 0. The Morgan fingerprint density at radius 3 is 2.53 bits per heavy atom. The summed E-state index contributed by atoms with van der Waals surface area (Å²) in [5.41, 5.74) is 0.691. The van der Waals surface area contributed by atoms with Crippen molar-refractivity contribution in [3.8, 4) is 11.3 Å². The zero-order chi connectivity index (χ0) is 21.3. The number of hydrogen-bond acceptors (Lipinski definition) is 7. The van der Waals surface area contributed by atoms with Gasteiger partial charge in [-0.05, 0) is 56.5 Å². The van der Waals surface area contributed by atoms with E-state index in [4.69, 9.17) is 4.52 Å². The summed E-state index contributed by atoms with van der Waals surface area (Å²) in [6.45, 7) is 3.08. The number of sulfone groups is 1. The molecule has 2 amide bonds. The predicted octanol–water partition coefficient (Wildman–Crippen LogP) is 2.27. The van der Waals surface area contributed by atoms with Crippen molar-refractivity contribution in [1.82, 2.24) is 15.4 Å². The molecule has 1 saturated heterocycles. The van der Waals surface area contributed by atoms with E-state index in [1.54, 1.807) is 19.1 Å². The number of carbonyl (C=O) groups excluding carboxylic acids is 2. The minimum atomic E-state index is -3.29. The van der Waals surface area contributed by atoms with Gasteiger partial charge in [-0.1, -0.05) is 12.1 Å². The van der Waals surface area contributed by atoms with Crippen LogP contribution in [0.3, 0.4) is 0 Å². The standard InChI is InChI=1S/C21H25N3O5S/c1-2-30(27,28)17-9-5-14(6-10-17)19-12-18(23-29-19)21(26)24(16-7-8-16)20(25)15-4-3-11-22-13-15/h5-6,9-10,12,15-16,22H,2-4,7-8,11,13H2,1H3. The molecule has 1 saturated carbocycles. The topological polar surface area (TPSA) is 110 Å². The van der Waals surface area contributed by atoms with E-state index in [-0.39, 0.29) is 34.2 Å². The summed E-state index contributed by atoms with van der Waals surface area (Å²) in [4.78, 5) is 27.6. The molecule has 0 spiro atoms. The van der Waals surface area contributed by atoms with Gasteiger partial charge in [0.1, 0.15) is 0 Å². The molecule has 30 heavy (non-hydrogen) atoms. The summed E-state index contributed by atoms with van der Waals surface area (Å²) in [7, 11) is -3.29. The van der Waals surface area contributed by atoms with Gasteiger partial charge in [0.25, 0.3) is 5.91 Å². The van der Waals surface area contributed by atoms with Gasteiger partial charge in [0, 0.05) is 24.2 Å². The first kappa shape index (κ1) is 20.7. The number of imide groups is 1. The second kappa shape index (κ2) is 8.31. The van der Waals surface area contributed by atoms with Gasteiger partial charge in [0.05, 0.1) is 16.6 Å². The monoisotopic (exact) mass is 431 g/mol. The molecule has 2 aliphatic rings. The molecule has 2 heterocycles. The summed E-state index contributed by atoms with van der Waals surface area (Å²) in [6.07, 6.45) is 3.33. The van der Waals surface area contributed by atoms with Crippen LogP contribution in [0.5, 0.6) is 0 Å². The van der Waals surface area contributed by atoms with Gasteiger partial charge in [-0.2, -0.15) is 0 Å². The van der Waals surface area contributed by atoms with Crippen LogP contribution in [0.2, 0.25) is 0 Å². The van der Waals surface area contributed by atoms with Crippen LogP contribution in [0.15, 0.2) is 39.8 Å². The van der Waals surface area contributed by atoms with Crippen molar-refractivity contribution in [2.45, 2.75) is 43.5 Å². The van der Waals surface area contributed by atoms with Gasteiger partial charge in [0.2, 0.25) is 5.91 Å². The molecule has 1 atom stereocenters. The number of benzene rings is 1. The molecule has 1 aromatic heterocycles. The lowest BCUT2D eigenvalue weighted by molar-refractivity contribution is -0.133. The smallest absolute Gasteiger partial charge is 0.282 e. The molecule has 2 aromatic rings. The van der Waals surface area contributed by atoms with E-state index in [0.29, 0.717) is 17.9 Å². The molecule has 160 valence electrons. The minimum Gasteiger partial charge on any atom is -0.355 e. The fourth-order valence-electron chi connectivity index (χ4n) is 3.67. The van der Waals surface area contributed by atoms with Crippen LogP contribution in [-0.2, 0) is 14.6 Å². The Kier molecular flexibility index (Phi) is 5.75. The molecule has 1 unspecified atom stereocenters. The van der Waals surface area contributed by atoms with Gasteiger partial charge >= 0.3 is 0 Å². The molecule has 1 N–H and O–H groups in total. The molecule has 1 aliphatic heterocycles. The van der Waals surface area contributed by atoms with Crippen molar-refractivity contribution in [1.29, 1.82) is 0 Å². The molecule has 4 rings (SSSR count). The molecular weight excluding hydrogens is 406 g/mol. The quantitative estimate of drug-likeness (QED) is 0.699. The fourth-order valence-corrected chi connectivity index (χ4v) is 4.55. The van der Waals surface area contributed by atoms with Gasteiger partial charge in [-0.25, -0.2) is 8.42 Å². The Hall–Kier alpha value is -2.52. The van der Waals surface area contributed by atoms with E-state index >= 15 is 0 Å². The number of aromatic nitrogens is 1. The van der Waals surface area contributed by atoms with Crippen LogP contribution < -0.4 is 5.32 Å². The van der Waals surface area contributed by atoms with E-state index in [1.807, 2.05) is 0 Å². The van der Waals surface area contributed by atoms with Gasteiger partial charge < -0.3 is 9.84 Å². The summed E-state index contributed by atoms with van der Waals surface area (Å²) in [5.74, 6) is -0.403. The van der Waals surface area contributed by atoms with E-state index in [1.165, 1.54) is 23.1 Å². The number of nitrogens with one attached hydrogen (secondary N) is 1. The molecule has 2 fully saturated rings. The highest BCUT2D eigenvalue weighted by Crippen LogP contribution is 2.31. The normalized spacial score (nSPS) is 19.4. The summed E-state index contributed by atoms with van der Waals surface area (Å²) in [6, 6.07) is 7.70. The van der Waals surface area contributed by atoms with Crippen LogP contribution in [-0.4, -0.2) is 55.2 Å². The molecular formula is C21H25N3O5S. The van der Waals surface area contributed by atoms with Crippen molar-refractivity contribution in [2.24, 2.45) is 5.92 Å². The predicted molar refractivity (Wildman–Crippen MR) is 109 cm³/mol. The van der Waals surface area contributed by atoms with Crippen molar-refractivity contribution in [2.75, 3.05) is 18.8 Å². The lowest BCUT2D eigenvalue weighted by atomic mass is 9.98. The Morgan fingerprint density at radius 2 is 1.93 bits per heavy atom. The lowest BCUT2D eigenvalue weighted by Gasteiger charge is -2.28. The van der Waals surface area contributed by atoms with Gasteiger partial charge in [0.15, 0.2) is 21.3 Å². The molecule has 0 radical (unpaired) electrons. The zero-order valence-corrected chi connectivity index (χ0v) is 17.7. The average molecular weight is 432 g/mol. The Bertz CT molecular complexity index is 1030. The first-order valence-electron chi connectivity index (χ1n) is 10.3. The highest BCUT2D eigenvalue weighted by Gasteiger charge is 2.41. The molecule has 1 aromatic carbocycles. The van der Waals surface area contributed by atoms with Crippen LogP contribution in [0.4, 0.5) is 0 Å². The first-order chi connectivity index (χ1) is 14.4. The number of nitrogens with zero attached hydrogens (tertiary/aromatic N) is 2. The summed E-state index contributed by atoms with van der Waals surface area (Å²) in [5, 5.41) is 7.10. The van der Waals surface area contributed by atoms with Crippen molar-refractivity contribution in [3.63, 3.8) is 0 Å². The van der Waals surface area contributed by atoms with E-state index < -0.39 is 15.7 Å². The SMILES string of the molecule is CCS(=O)(=O)c1ccc(-c2cc(C(=O)N(C(=O)C3CCCNC3)C3CC3)no2)cc1. The van der Waals surface area contributed by atoms with Crippen molar-refractivity contribution in [3.05, 3.63) is 36.0 Å². The van der Waals surface area contributed by atoms with Crippen molar-refractivity contribution >= 4 is 21.7 Å². The summed E-state index contributed by atoms with van der Waals surface area (Å²) < 4.78 is 29.2. The molecule has 9 heteroatoms. The zero-order valence-electron chi connectivity index (χ0n) is 16.8. The van der Waals surface area contributed by atoms with E-state index in [2.05, 4.69) is 10.5 Å². The Balaban J connectivity index is 1.53. The number of amides is 2. The fraction of sp³-hybridized carbons (Fsp3) is 0.476. The van der Waals surface area contributed by atoms with Crippen LogP contribution in [0.1, 0.15) is 43.1 Å². The van der Waals surface area contributed by atoms with Crippen molar-refractivity contribution < 1.29 is 22.5 Å². The highest BCUT2D eigenvalue weighted by atomic mass is 32.2. The Morgan fingerprint density at radius 1 is 1.20 bits per heavy atom. The first-order valence-corrected chi connectivity index (χ1v) is 11.9. The average Bonchev–Trinajstić information content (AvgIpc) is 3.48. The maximum atomic E-state index is 13.1. The van der Waals surface area contributed by atoms with E-state index in [9.17, 15) is 18.0 Å². The number of carbonyl (C=O) groups is 2. The van der Waals surface area contributed by atoms with E-state index in [0.717, 1.165) is 32.2 Å². The number of hydrogen-bond donors (Lipinski definition) is 1. The third-order valence-electron chi connectivity index (χ3n) is 5.62. The molecule has 8 nitrogen and oxygen atoms in total. The maximum absolute atomic E-state index is 13.1. The second-order valence-corrected chi connectivity index (χ2v) is 10.1. The van der Waals surface area contributed by atoms with Crippen LogP contribution >= 0.6 is 0 Å².